The Balaban J connectivity index is 2.15. The Morgan fingerprint density at radius 2 is 1.81 bits per heavy atom. The van der Waals surface area contributed by atoms with Crippen molar-refractivity contribution in [2.24, 2.45) is 5.92 Å². The van der Waals surface area contributed by atoms with Crippen LogP contribution < -0.4 is 10.1 Å². The van der Waals surface area contributed by atoms with Crippen LogP contribution in [0.1, 0.15) is 38.8 Å². The Kier molecular flexibility index (Phi) is 10.0. The van der Waals surface area contributed by atoms with Gasteiger partial charge in [-0.2, -0.15) is 0 Å². The molecule has 0 fully saturated rings. The Morgan fingerprint density at radius 3 is 2.42 bits per heavy atom. The molecule has 168 valence electrons. The van der Waals surface area contributed by atoms with Gasteiger partial charge >= 0.3 is 0 Å². The maximum Gasteiger partial charge on any atom is 0.261 e. The zero-order chi connectivity index (χ0) is 23.0. The molecule has 0 radical (unpaired) electrons. The highest BCUT2D eigenvalue weighted by atomic mass is 79.9. The smallest absolute Gasteiger partial charge is 0.261 e. The average molecular weight is 554 g/mol. The zero-order valence-electron chi connectivity index (χ0n) is 18.5. The molecule has 1 unspecified atom stereocenters. The van der Waals surface area contributed by atoms with Crippen molar-refractivity contribution < 1.29 is 14.3 Å². The third-order valence-corrected chi connectivity index (χ3v) is 5.96. The maximum absolute atomic E-state index is 13.1. The van der Waals surface area contributed by atoms with Crippen molar-refractivity contribution in [2.45, 2.75) is 46.7 Å². The first-order chi connectivity index (χ1) is 14.7. The second kappa shape index (κ2) is 12.2. The minimum absolute atomic E-state index is 0.153. The molecule has 0 saturated carbocycles. The fourth-order valence-electron chi connectivity index (χ4n) is 2.97. The second-order valence-electron chi connectivity index (χ2n) is 7.87. The second-order valence-corrected chi connectivity index (χ2v) is 9.64. The molecule has 1 atom stereocenters. The molecule has 7 heteroatoms. The predicted molar refractivity (Wildman–Crippen MR) is 131 cm³/mol. The lowest BCUT2D eigenvalue weighted by atomic mass is 10.1. The van der Waals surface area contributed by atoms with E-state index in [1.807, 2.05) is 56.3 Å². The van der Waals surface area contributed by atoms with Crippen molar-refractivity contribution in [3.8, 4) is 5.75 Å². The zero-order valence-corrected chi connectivity index (χ0v) is 21.6. The van der Waals surface area contributed by atoms with Gasteiger partial charge in [0.25, 0.3) is 5.91 Å². The largest absolute Gasteiger partial charge is 0.483 e. The summed E-state index contributed by atoms with van der Waals surface area (Å²) in [7, 11) is 0. The van der Waals surface area contributed by atoms with Gasteiger partial charge < -0.3 is 15.0 Å². The van der Waals surface area contributed by atoms with Crippen molar-refractivity contribution in [1.82, 2.24) is 10.2 Å². The summed E-state index contributed by atoms with van der Waals surface area (Å²) in [5, 5.41) is 2.92. The number of aryl methyl sites for hydroxylation is 1. The minimum atomic E-state index is -0.625. The molecule has 0 aliphatic carbocycles. The summed E-state index contributed by atoms with van der Waals surface area (Å²) >= 11 is 6.97. The van der Waals surface area contributed by atoms with Gasteiger partial charge in [0, 0.05) is 17.6 Å². The van der Waals surface area contributed by atoms with Crippen LogP contribution in [0.4, 0.5) is 0 Å². The van der Waals surface area contributed by atoms with E-state index in [2.05, 4.69) is 44.1 Å². The third-order valence-electron chi connectivity index (χ3n) is 4.85. The van der Waals surface area contributed by atoms with Gasteiger partial charge in [-0.05, 0) is 70.6 Å². The van der Waals surface area contributed by atoms with Gasteiger partial charge in [-0.1, -0.05) is 54.9 Å². The SMILES string of the molecule is CCc1ccc(OCC(=O)N(Cc2cccc(Br)c2)C(C)C(=O)NCC(C)C)c(Br)c1. The number of amides is 2. The van der Waals surface area contributed by atoms with Crippen LogP contribution in [0.15, 0.2) is 51.4 Å². The van der Waals surface area contributed by atoms with Gasteiger partial charge in [0.2, 0.25) is 5.91 Å². The van der Waals surface area contributed by atoms with Gasteiger partial charge in [0.15, 0.2) is 6.61 Å². The van der Waals surface area contributed by atoms with E-state index in [0.29, 0.717) is 24.8 Å². The van der Waals surface area contributed by atoms with E-state index in [4.69, 9.17) is 4.74 Å². The number of rotatable bonds is 10. The summed E-state index contributed by atoms with van der Waals surface area (Å²) in [5.41, 5.74) is 2.11. The molecule has 31 heavy (non-hydrogen) atoms. The number of nitrogens with one attached hydrogen (secondary N) is 1. The molecular formula is C24H30Br2N2O3. The normalized spacial score (nSPS) is 11.8. The monoisotopic (exact) mass is 552 g/mol. The molecule has 0 aliphatic rings. The van der Waals surface area contributed by atoms with Crippen LogP contribution in [-0.4, -0.2) is 35.9 Å². The molecule has 2 amide bonds. The molecule has 0 aromatic heterocycles. The molecule has 2 rings (SSSR count). The summed E-state index contributed by atoms with van der Waals surface area (Å²) < 4.78 is 7.52. The average Bonchev–Trinajstić information content (AvgIpc) is 2.74. The lowest BCUT2D eigenvalue weighted by Crippen LogP contribution is -2.49. The first kappa shape index (κ1) is 25.4. The summed E-state index contributed by atoms with van der Waals surface area (Å²) in [6.45, 7) is 8.62. The molecule has 0 spiro atoms. The van der Waals surface area contributed by atoms with Crippen LogP contribution in [0, 0.1) is 5.92 Å². The lowest BCUT2D eigenvalue weighted by Gasteiger charge is -2.29. The molecule has 0 bridgehead atoms. The molecule has 2 aromatic rings. The third kappa shape index (κ3) is 7.96. The van der Waals surface area contributed by atoms with Crippen LogP contribution in [-0.2, 0) is 22.6 Å². The highest BCUT2D eigenvalue weighted by Crippen LogP contribution is 2.26. The topological polar surface area (TPSA) is 58.6 Å². The van der Waals surface area contributed by atoms with Crippen LogP contribution >= 0.6 is 31.9 Å². The predicted octanol–water partition coefficient (Wildman–Crippen LogP) is 5.34. The van der Waals surface area contributed by atoms with Crippen molar-refractivity contribution in [3.63, 3.8) is 0 Å². The first-order valence-electron chi connectivity index (χ1n) is 10.4. The molecule has 5 nitrogen and oxygen atoms in total. The van der Waals surface area contributed by atoms with Gasteiger partial charge in [-0.25, -0.2) is 0 Å². The summed E-state index contributed by atoms with van der Waals surface area (Å²) in [5.74, 6) is 0.506. The summed E-state index contributed by atoms with van der Waals surface area (Å²) in [4.78, 5) is 27.4. The van der Waals surface area contributed by atoms with E-state index in [0.717, 1.165) is 20.9 Å². The van der Waals surface area contributed by atoms with Crippen molar-refractivity contribution in [3.05, 3.63) is 62.5 Å². The minimum Gasteiger partial charge on any atom is -0.483 e. The van der Waals surface area contributed by atoms with Gasteiger partial charge in [-0.3, -0.25) is 9.59 Å². The molecule has 0 heterocycles. The van der Waals surface area contributed by atoms with Crippen LogP contribution in [0.25, 0.3) is 0 Å². The number of carbonyl (C=O) groups is 2. The van der Waals surface area contributed by atoms with Crippen LogP contribution in [0.5, 0.6) is 5.75 Å². The Morgan fingerprint density at radius 1 is 1.06 bits per heavy atom. The van der Waals surface area contributed by atoms with Crippen molar-refractivity contribution >= 4 is 43.7 Å². The number of ether oxygens (including phenoxy) is 1. The van der Waals surface area contributed by atoms with E-state index in [9.17, 15) is 9.59 Å². The number of halogens is 2. The fraction of sp³-hybridized carbons (Fsp3) is 0.417. The summed E-state index contributed by atoms with van der Waals surface area (Å²) in [6.07, 6.45) is 0.918. The highest BCUT2D eigenvalue weighted by Gasteiger charge is 2.26. The fourth-order valence-corrected chi connectivity index (χ4v) is 3.96. The van der Waals surface area contributed by atoms with Crippen LogP contribution in [0.3, 0.4) is 0 Å². The van der Waals surface area contributed by atoms with E-state index in [1.165, 1.54) is 5.56 Å². The van der Waals surface area contributed by atoms with E-state index in [-0.39, 0.29) is 18.4 Å². The maximum atomic E-state index is 13.1. The molecule has 2 aromatic carbocycles. The molecular weight excluding hydrogens is 524 g/mol. The quantitative estimate of drug-likeness (QED) is 0.432. The lowest BCUT2D eigenvalue weighted by molar-refractivity contribution is -0.142. The van der Waals surface area contributed by atoms with Crippen LogP contribution in [0.2, 0.25) is 0 Å². The molecule has 1 N–H and O–H groups in total. The first-order valence-corrected chi connectivity index (χ1v) is 12.0. The van der Waals surface area contributed by atoms with E-state index >= 15 is 0 Å². The number of benzene rings is 2. The van der Waals surface area contributed by atoms with E-state index in [1.54, 1.807) is 11.8 Å². The Labute approximate surface area is 201 Å². The number of hydrogen-bond donors (Lipinski definition) is 1. The Bertz CT molecular complexity index is 902. The van der Waals surface area contributed by atoms with Crippen molar-refractivity contribution in [1.29, 1.82) is 0 Å². The van der Waals surface area contributed by atoms with Gasteiger partial charge in [0.05, 0.1) is 4.47 Å². The Hall–Kier alpha value is -1.86. The van der Waals surface area contributed by atoms with Gasteiger partial charge in [-0.15, -0.1) is 0 Å². The summed E-state index contributed by atoms with van der Waals surface area (Å²) in [6, 6.07) is 12.9. The number of nitrogens with zero attached hydrogens (tertiary/aromatic N) is 1. The standard InChI is InChI=1S/C24H30Br2N2O3/c1-5-18-9-10-22(21(26)12-18)31-15-23(29)28(14-19-7-6-8-20(25)11-19)17(4)24(30)27-13-16(2)3/h6-12,16-17H,5,13-15H2,1-4H3,(H,27,30). The molecule has 0 saturated heterocycles. The number of hydrogen-bond acceptors (Lipinski definition) is 3. The van der Waals surface area contributed by atoms with E-state index < -0.39 is 6.04 Å². The highest BCUT2D eigenvalue weighted by molar-refractivity contribution is 9.10. The molecule has 0 aliphatic heterocycles. The van der Waals surface area contributed by atoms with Gasteiger partial charge in [0.1, 0.15) is 11.8 Å². The van der Waals surface area contributed by atoms with Crippen molar-refractivity contribution in [2.75, 3.05) is 13.2 Å². The number of carbonyl (C=O) groups excluding carboxylic acids is 2.